The Labute approximate surface area is 98.9 Å². The fourth-order valence-electron chi connectivity index (χ4n) is 1.80. The third kappa shape index (κ3) is 1.72. The lowest BCUT2D eigenvalue weighted by atomic mass is 10.0. The smallest absolute Gasteiger partial charge is 0.112 e. The second-order valence-corrected chi connectivity index (χ2v) is 4.48. The van der Waals surface area contributed by atoms with E-state index in [4.69, 9.17) is 11.6 Å². The molecule has 0 radical (unpaired) electrons. The van der Waals surface area contributed by atoms with Gasteiger partial charge in [-0.15, -0.1) is 0 Å². The third-order valence-electron chi connectivity index (χ3n) is 2.92. The zero-order valence-electron chi connectivity index (χ0n) is 8.70. The first kappa shape index (κ1) is 9.87. The molecule has 3 nitrogen and oxygen atoms in total. The minimum Gasteiger partial charge on any atom is -0.342 e. The lowest BCUT2D eigenvalue weighted by molar-refractivity contribution is 0.433. The van der Waals surface area contributed by atoms with Crippen molar-refractivity contribution in [2.24, 2.45) is 0 Å². The zero-order chi connectivity index (χ0) is 11.0. The van der Waals surface area contributed by atoms with E-state index in [1.54, 1.807) is 0 Å². The number of nitrogens with one attached hydrogen (secondary N) is 2. The standard InChI is InChI=1S/C12H12ClN3/c13-10-3-1-8(2-4-10)11-7-15-12(16-11)9-5-14-6-9/h1-4,7,9,14H,5-6H2,(H,15,16). The fraction of sp³-hybridized carbons (Fsp3) is 0.250. The number of rotatable bonds is 2. The van der Waals surface area contributed by atoms with Crippen LogP contribution in [0.1, 0.15) is 11.7 Å². The summed E-state index contributed by atoms with van der Waals surface area (Å²) in [5.41, 5.74) is 2.17. The van der Waals surface area contributed by atoms with Crippen LogP contribution in [-0.2, 0) is 0 Å². The lowest BCUT2D eigenvalue weighted by Crippen LogP contribution is -2.40. The van der Waals surface area contributed by atoms with Gasteiger partial charge < -0.3 is 10.3 Å². The summed E-state index contributed by atoms with van der Waals surface area (Å²) in [6, 6.07) is 7.78. The van der Waals surface area contributed by atoms with E-state index in [0.717, 1.165) is 35.2 Å². The van der Waals surface area contributed by atoms with Gasteiger partial charge in [-0.2, -0.15) is 0 Å². The Morgan fingerprint density at radius 2 is 1.94 bits per heavy atom. The number of hydrogen-bond acceptors (Lipinski definition) is 2. The molecule has 2 aromatic rings. The molecule has 1 aliphatic rings. The number of hydrogen-bond donors (Lipinski definition) is 2. The third-order valence-corrected chi connectivity index (χ3v) is 3.17. The molecular weight excluding hydrogens is 222 g/mol. The molecule has 1 aromatic carbocycles. The van der Waals surface area contributed by atoms with Gasteiger partial charge in [0.15, 0.2) is 0 Å². The highest BCUT2D eigenvalue weighted by atomic mass is 35.5. The van der Waals surface area contributed by atoms with Crippen LogP contribution in [0.4, 0.5) is 0 Å². The largest absolute Gasteiger partial charge is 0.342 e. The molecule has 0 bridgehead atoms. The summed E-state index contributed by atoms with van der Waals surface area (Å²) in [4.78, 5) is 7.77. The molecule has 1 saturated heterocycles. The molecule has 2 heterocycles. The molecule has 0 saturated carbocycles. The Hall–Kier alpha value is -1.32. The molecule has 4 heteroatoms. The van der Waals surface area contributed by atoms with Gasteiger partial charge in [-0.3, -0.25) is 0 Å². The van der Waals surface area contributed by atoms with Crippen LogP contribution in [-0.4, -0.2) is 23.1 Å². The quantitative estimate of drug-likeness (QED) is 0.837. The summed E-state index contributed by atoms with van der Waals surface area (Å²) in [5, 5.41) is 3.99. The molecule has 1 aliphatic heterocycles. The maximum atomic E-state index is 5.85. The summed E-state index contributed by atoms with van der Waals surface area (Å²) < 4.78 is 0. The molecule has 0 aliphatic carbocycles. The predicted octanol–water partition coefficient (Wildman–Crippen LogP) is 2.42. The highest BCUT2D eigenvalue weighted by Gasteiger charge is 2.21. The van der Waals surface area contributed by atoms with Gasteiger partial charge in [0.2, 0.25) is 0 Å². The molecule has 82 valence electrons. The highest BCUT2D eigenvalue weighted by molar-refractivity contribution is 6.30. The summed E-state index contributed by atoms with van der Waals surface area (Å²) in [6.07, 6.45) is 1.89. The van der Waals surface area contributed by atoms with Crippen LogP contribution >= 0.6 is 11.6 Å². The second-order valence-electron chi connectivity index (χ2n) is 4.04. The summed E-state index contributed by atoms with van der Waals surface area (Å²) in [7, 11) is 0. The van der Waals surface area contributed by atoms with Gasteiger partial charge in [-0.1, -0.05) is 23.7 Å². The monoisotopic (exact) mass is 233 g/mol. The van der Waals surface area contributed by atoms with Crippen molar-refractivity contribution in [1.29, 1.82) is 0 Å². The van der Waals surface area contributed by atoms with Crippen LogP contribution < -0.4 is 5.32 Å². The van der Waals surface area contributed by atoms with E-state index >= 15 is 0 Å². The van der Waals surface area contributed by atoms with Crippen molar-refractivity contribution in [3.63, 3.8) is 0 Å². The number of halogens is 1. The summed E-state index contributed by atoms with van der Waals surface area (Å²) in [5.74, 6) is 1.62. The van der Waals surface area contributed by atoms with Crippen LogP contribution in [0.15, 0.2) is 30.5 Å². The minimum absolute atomic E-state index is 0.543. The van der Waals surface area contributed by atoms with Gasteiger partial charge >= 0.3 is 0 Å². The Morgan fingerprint density at radius 1 is 1.19 bits per heavy atom. The van der Waals surface area contributed by atoms with Crippen molar-refractivity contribution in [2.75, 3.05) is 13.1 Å². The van der Waals surface area contributed by atoms with E-state index in [-0.39, 0.29) is 0 Å². The van der Waals surface area contributed by atoms with Gasteiger partial charge in [0, 0.05) is 24.0 Å². The van der Waals surface area contributed by atoms with E-state index in [9.17, 15) is 0 Å². The highest BCUT2D eigenvalue weighted by Crippen LogP contribution is 2.23. The maximum absolute atomic E-state index is 5.85. The molecule has 1 aromatic heterocycles. The van der Waals surface area contributed by atoms with Crippen molar-refractivity contribution in [3.8, 4) is 11.3 Å². The number of H-pyrrole nitrogens is 1. The zero-order valence-corrected chi connectivity index (χ0v) is 9.46. The topological polar surface area (TPSA) is 40.7 Å². The van der Waals surface area contributed by atoms with Crippen LogP contribution in [0.25, 0.3) is 11.3 Å². The van der Waals surface area contributed by atoms with E-state index in [1.807, 2.05) is 30.5 Å². The molecule has 1 fully saturated rings. The summed E-state index contributed by atoms with van der Waals surface area (Å²) in [6.45, 7) is 2.04. The van der Waals surface area contributed by atoms with Gasteiger partial charge in [-0.05, 0) is 17.7 Å². The number of imidazole rings is 1. The van der Waals surface area contributed by atoms with Crippen molar-refractivity contribution in [2.45, 2.75) is 5.92 Å². The number of aromatic nitrogens is 2. The number of nitrogens with zero attached hydrogens (tertiary/aromatic N) is 1. The van der Waals surface area contributed by atoms with Gasteiger partial charge in [0.05, 0.1) is 11.9 Å². The number of benzene rings is 1. The molecule has 2 N–H and O–H groups in total. The molecule has 0 spiro atoms. The Kier molecular flexibility index (Phi) is 2.42. The average Bonchev–Trinajstić information content (AvgIpc) is 2.65. The molecule has 3 rings (SSSR count). The van der Waals surface area contributed by atoms with E-state index < -0.39 is 0 Å². The molecule has 0 amide bonds. The normalized spacial score (nSPS) is 16.1. The lowest BCUT2D eigenvalue weighted by Gasteiger charge is -2.24. The second kappa shape index (κ2) is 3.92. The van der Waals surface area contributed by atoms with Gasteiger partial charge in [-0.25, -0.2) is 4.98 Å². The Morgan fingerprint density at radius 3 is 2.56 bits per heavy atom. The van der Waals surface area contributed by atoms with E-state index in [2.05, 4.69) is 15.3 Å². The predicted molar refractivity (Wildman–Crippen MR) is 64.6 cm³/mol. The SMILES string of the molecule is Clc1ccc(-c2cnc(C3CNC3)[nH]2)cc1. The van der Waals surface area contributed by atoms with E-state index in [0.29, 0.717) is 5.92 Å². The number of aromatic amines is 1. The van der Waals surface area contributed by atoms with Crippen LogP contribution in [0.5, 0.6) is 0 Å². The molecule has 0 atom stereocenters. The average molecular weight is 234 g/mol. The van der Waals surface area contributed by atoms with Crippen LogP contribution in [0.3, 0.4) is 0 Å². The minimum atomic E-state index is 0.543. The molecular formula is C12H12ClN3. The molecule has 16 heavy (non-hydrogen) atoms. The fourth-order valence-corrected chi connectivity index (χ4v) is 1.93. The summed E-state index contributed by atoms with van der Waals surface area (Å²) >= 11 is 5.85. The first-order chi connectivity index (χ1) is 7.83. The Bertz CT molecular complexity index is 485. The van der Waals surface area contributed by atoms with Crippen molar-refractivity contribution in [3.05, 3.63) is 41.3 Å². The van der Waals surface area contributed by atoms with Crippen LogP contribution in [0.2, 0.25) is 5.02 Å². The van der Waals surface area contributed by atoms with Crippen molar-refractivity contribution in [1.82, 2.24) is 15.3 Å². The maximum Gasteiger partial charge on any atom is 0.112 e. The molecule has 0 unspecified atom stereocenters. The van der Waals surface area contributed by atoms with E-state index in [1.165, 1.54) is 0 Å². The van der Waals surface area contributed by atoms with Crippen molar-refractivity contribution < 1.29 is 0 Å². The Balaban J connectivity index is 1.88. The first-order valence-electron chi connectivity index (χ1n) is 5.34. The van der Waals surface area contributed by atoms with Gasteiger partial charge in [0.1, 0.15) is 5.82 Å². The van der Waals surface area contributed by atoms with Gasteiger partial charge in [0.25, 0.3) is 0 Å². The van der Waals surface area contributed by atoms with Crippen LogP contribution in [0, 0.1) is 0 Å². The first-order valence-corrected chi connectivity index (χ1v) is 5.72. The van der Waals surface area contributed by atoms with Crippen molar-refractivity contribution >= 4 is 11.6 Å².